The molecule has 0 aliphatic heterocycles. The number of nitrogens with zero attached hydrogens (tertiary/aromatic N) is 1. The van der Waals surface area contributed by atoms with Gasteiger partial charge in [0, 0.05) is 13.6 Å². The molecule has 0 heterocycles. The van der Waals surface area contributed by atoms with Gasteiger partial charge in [-0.25, -0.2) is 0 Å². The highest BCUT2D eigenvalue weighted by Gasteiger charge is 2.05. The third kappa shape index (κ3) is 3.76. The molecule has 0 amide bonds. The first kappa shape index (κ1) is 12.9. The van der Waals surface area contributed by atoms with Crippen LogP contribution in [-0.2, 0) is 0 Å². The summed E-state index contributed by atoms with van der Waals surface area (Å²) in [5.74, 6) is 0.959. The van der Waals surface area contributed by atoms with Gasteiger partial charge in [0.25, 0.3) is 0 Å². The Balaban J connectivity index is 2.48. The smallest absolute Gasteiger partial charge is 0.142 e. The van der Waals surface area contributed by atoms with E-state index >= 15 is 0 Å². The van der Waals surface area contributed by atoms with E-state index in [1.807, 2.05) is 12.1 Å². The molecule has 90 valence electrons. The van der Waals surface area contributed by atoms with Crippen LogP contribution in [-0.4, -0.2) is 20.7 Å². The Bertz CT molecular complexity index is 299. The van der Waals surface area contributed by atoms with Crippen molar-refractivity contribution in [3.05, 3.63) is 24.3 Å². The molecule has 0 bridgehead atoms. The molecule has 0 radical (unpaired) electrons. The molecular formula is C14H23NO. The number of para-hydroxylation sites is 2. The summed E-state index contributed by atoms with van der Waals surface area (Å²) in [5.41, 5.74) is 1.18. The Morgan fingerprint density at radius 3 is 2.56 bits per heavy atom. The molecule has 0 N–H and O–H groups in total. The van der Waals surface area contributed by atoms with Gasteiger partial charge < -0.3 is 9.64 Å². The van der Waals surface area contributed by atoms with Crippen molar-refractivity contribution in [3.63, 3.8) is 0 Å². The molecule has 0 fully saturated rings. The minimum atomic E-state index is 0.959. The van der Waals surface area contributed by atoms with Gasteiger partial charge in [0.05, 0.1) is 12.8 Å². The van der Waals surface area contributed by atoms with Crippen LogP contribution in [0.15, 0.2) is 24.3 Å². The lowest BCUT2D eigenvalue weighted by atomic mass is 10.2. The first-order valence-corrected chi connectivity index (χ1v) is 6.13. The van der Waals surface area contributed by atoms with Crippen molar-refractivity contribution in [2.45, 2.75) is 32.6 Å². The summed E-state index contributed by atoms with van der Waals surface area (Å²) in [6, 6.07) is 8.18. The van der Waals surface area contributed by atoms with E-state index in [4.69, 9.17) is 4.74 Å². The number of benzene rings is 1. The molecule has 0 saturated carbocycles. The van der Waals surface area contributed by atoms with E-state index < -0.39 is 0 Å². The zero-order valence-corrected chi connectivity index (χ0v) is 10.7. The van der Waals surface area contributed by atoms with Crippen LogP contribution in [0.3, 0.4) is 0 Å². The molecule has 1 rings (SSSR count). The van der Waals surface area contributed by atoms with Crippen molar-refractivity contribution < 1.29 is 4.74 Å². The predicted octanol–water partition coefficient (Wildman–Crippen LogP) is 3.71. The van der Waals surface area contributed by atoms with E-state index in [0.717, 1.165) is 12.3 Å². The molecule has 0 aliphatic rings. The van der Waals surface area contributed by atoms with Crippen LogP contribution in [0.2, 0.25) is 0 Å². The summed E-state index contributed by atoms with van der Waals surface area (Å²) < 4.78 is 5.35. The highest BCUT2D eigenvalue weighted by molar-refractivity contribution is 5.57. The number of unbranched alkanes of at least 4 members (excludes halogenated alkanes) is 3. The molecule has 0 atom stereocenters. The van der Waals surface area contributed by atoms with Crippen molar-refractivity contribution in [3.8, 4) is 5.75 Å². The van der Waals surface area contributed by atoms with E-state index in [9.17, 15) is 0 Å². The van der Waals surface area contributed by atoms with Crippen LogP contribution >= 0.6 is 0 Å². The fourth-order valence-corrected chi connectivity index (χ4v) is 1.84. The molecule has 0 spiro atoms. The molecule has 0 aliphatic carbocycles. The molecule has 2 nitrogen and oxygen atoms in total. The molecule has 0 aromatic heterocycles. The maximum Gasteiger partial charge on any atom is 0.142 e. The van der Waals surface area contributed by atoms with Gasteiger partial charge in [-0.1, -0.05) is 38.3 Å². The largest absolute Gasteiger partial charge is 0.495 e. The van der Waals surface area contributed by atoms with Crippen LogP contribution in [0.1, 0.15) is 32.6 Å². The monoisotopic (exact) mass is 221 g/mol. The first-order valence-electron chi connectivity index (χ1n) is 6.13. The van der Waals surface area contributed by atoms with Gasteiger partial charge in [-0.15, -0.1) is 0 Å². The lowest BCUT2D eigenvalue weighted by Gasteiger charge is -2.21. The summed E-state index contributed by atoms with van der Waals surface area (Å²) in [4.78, 5) is 2.27. The Morgan fingerprint density at radius 1 is 1.12 bits per heavy atom. The third-order valence-corrected chi connectivity index (χ3v) is 2.84. The topological polar surface area (TPSA) is 12.5 Å². The first-order chi connectivity index (χ1) is 7.79. The Kier molecular flexibility index (Phi) is 5.76. The number of rotatable bonds is 7. The molecule has 1 aromatic carbocycles. The lowest BCUT2D eigenvalue weighted by Crippen LogP contribution is -2.19. The van der Waals surface area contributed by atoms with Gasteiger partial charge in [-0.2, -0.15) is 0 Å². The normalized spacial score (nSPS) is 10.2. The Labute approximate surface area is 99.2 Å². The number of ether oxygens (including phenoxy) is 1. The Morgan fingerprint density at radius 2 is 1.88 bits per heavy atom. The van der Waals surface area contributed by atoms with Crippen molar-refractivity contribution in [2.75, 3.05) is 25.6 Å². The zero-order chi connectivity index (χ0) is 11.8. The van der Waals surface area contributed by atoms with Crippen molar-refractivity contribution in [1.82, 2.24) is 0 Å². The van der Waals surface area contributed by atoms with E-state index in [0.29, 0.717) is 0 Å². The maximum absolute atomic E-state index is 5.35. The second kappa shape index (κ2) is 7.15. The molecule has 0 saturated heterocycles. The summed E-state index contributed by atoms with van der Waals surface area (Å²) in [6.07, 6.45) is 5.19. The van der Waals surface area contributed by atoms with E-state index in [-0.39, 0.29) is 0 Å². The number of hydrogen-bond acceptors (Lipinski definition) is 2. The summed E-state index contributed by atoms with van der Waals surface area (Å²) in [5, 5.41) is 0. The predicted molar refractivity (Wildman–Crippen MR) is 70.4 cm³/mol. The highest BCUT2D eigenvalue weighted by atomic mass is 16.5. The lowest BCUT2D eigenvalue weighted by molar-refractivity contribution is 0.414. The van der Waals surface area contributed by atoms with Gasteiger partial charge in [0.15, 0.2) is 0 Å². The number of methoxy groups -OCH3 is 1. The minimum absolute atomic E-state index is 0.959. The van der Waals surface area contributed by atoms with Gasteiger partial charge >= 0.3 is 0 Å². The number of anilines is 1. The third-order valence-electron chi connectivity index (χ3n) is 2.84. The average molecular weight is 221 g/mol. The second-order valence-electron chi connectivity index (χ2n) is 4.15. The van der Waals surface area contributed by atoms with Crippen molar-refractivity contribution in [2.24, 2.45) is 0 Å². The van der Waals surface area contributed by atoms with Crippen LogP contribution in [0.4, 0.5) is 5.69 Å². The van der Waals surface area contributed by atoms with Crippen molar-refractivity contribution in [1.29, 1.82) is 0 Å². The molecule has 0 unspecified atom stereocenters. The molecule has 16 heavy (non-hydrogen) atoms. The fraction of sp³-hybridized carbons (Fsp3) is 0.571. The molecule has 2 heteroatoms. The summed E-state index contributed by atoms with van der Waals surface area (Å²) in [7, 11) is 3.85. The van der Waals surface area contributed by atoms with E-state index in [1.165, 1.54) is 31.4 Å². The quantitative estimate of drug-likeness (QED) is 0.651. The fourth-order valence-electron chi connectivity index (χ4n) is 1.84. The standard InChI is InChI=1S/C14H23NO/c1-4-5-6-9-12-15(2)13-10-7-8-11-14(13)16-3/h7-8,10-11H,4-6,9,12H2,1-3H3. The van der Waals surface area contributed by atoms with Crippen LogP contribution in [0.5, 0.6) is 5.75 Å². The van der Waals surface area contributed by atoms with Gasteiger partial charge in [0.2, 0.25) is 0 Å². The molecule has 1 aromatic rings. The minimum Gasteiger partial charge on any atom is -0.495 e. The van der Waals surface area contributed by atoms with E-state index in [2.05, 4.69) is 31.0 Å². The van der Waals surface area contributed by atoms with Gasteiger partial charge in [0.1, 0.15) is 5.75 Å². The van der Waals surface area contributed by atoms with Gasteiger partial charge in [-0.05, 0) is 18.6 Å². The highest BCUT2D eigenvalue weighted by Crippen LogP contribution is 2.26. The molecular weight excluding hydrogens is 198 g/mol. The average Bonchev–Trinajstić information content (AvgIpc) is 2.34. The van der Waals surface area contributed by atoms with Gasteiger partial charge in [-0.3, -0.25) is 0 Å². The SMILES string of the molecule is CCCCCCN(C)c1ccccc1OC. The Hall–Kier alpha value is -1.18. The van der Waals surface area contributed by atoms with Crippen molar-refractivity contribution >= 4 is 5.69 Å². The van der Waals surface area contributed by atoms with Crippen LogP contribution in [0.25, 0.3) is 0 Å². The van der Waals surface area contributed by atoms with Crippen LogP contribution in [0, 0.1) is 0 Å². The zero-order valence-electron chi connectivity index (χ0n) is 10.7. The summed E-state index contributed by atoms with van der Waals surface area (Å²) in [6.45, 7) is 3.34. The maximum atomic E-state index is 5.35. The summed E-state index contributed by atoms with van der Waals surface area (Å²) >= 11 is 0. The number of hydrogen-bond donors (Lipinski definition) is 0. The second-order valence-corrected chi connectivity index (χ2v) is 4.15. The van der Waals surface area contributed by atoms with Crippen LogP contribution < -0.4 is 9.64 Å². The van der Waals surface area contributed by atoms with E-state index in [1.54, 1.807) is 7.11 Å².